The van der Waals surface area contributed by atoms with Crippen LogP contribution in [0.5, 0.6) is 0 Å². The number of nitrogens with zero attached hydrogens (tertiary/aromatic N) is 4. The lowest BCUT2D eigenvalue weighted by Gasteiger charge is -2.11. The van der Waals surface area contributed by atoms with Gasteiger partial charge in [0, 0.05) is 27.5 Å². The quantitative estimate of drug-likeness (QED) is 0.163. The molecule has 0 aliphatic carbocycles. The molecule has 8 aromatic carbocycles. The lowest BCUT2D eigenvalue weighted by atomic mass is 9.92. The summed E-state index contributed by atoms with van der Waals surface area (Å²) in [5.74, 6) is 1.70. The van der Waals surface area contributed by atoms with E-state index in [1.54, 1.807) is 0 Å². The highest BCUT2D eigenvalue weighted by atomic mass is 16.3. The van der Waals surface area contributed by atoms with Crippen LogP contribution in [0.2, 0.25) is 0 Å². The first-order valence-corrected chi connectivity index (χ1v) is 18.8. The Morgan fingerprint density at radius 1 is 0.351 bits per heavy atom. The predicted octanol–water partition coefficient (Wildman–Crippen LogP) is 13.3. The van der Waals surface area contributed by atoms with Crippen molar-refractivity contribution in [1.29, 1.82) is 5.26 Å². The number of rotatable bonds is 7. The van der Waals surface area contributed by atoms with E-state index in [-0.39, 0.29) is 0 Å². The van der Waals surface area contributed by atoms with Gasteiger partial charge in [0.25, 0.3) is 0 Å². The number of aromatic nitrogens is 3. The van der Waals surface area contributed by atoms with Crippen molar-refractivity contribution in [3.05, 3.63) is 200 Å². The van der Waals surface area contributed by atoms with Crippen LogP contribution in [0.1, 0.15) is 5.56 Å². The molecule has 0 aliphatic rings. The molecule has 0 saturated carbocycles. The van der Waals surface area contributed by atoms with Gasteiger partial charge >= 0.3 is 0 Å². The molecule has 0 saturated heterocycles. The molecule has 10 rings (SSSR count). The van der Waals surface area contributed by atoms with Crippen molar-refractivity contribution in [2.45, 2.75) is 0 Å². The summed E-state index contributed by atoms with van der Waals surface area (Å²) in [5, 5.41) is 11.5. The van der Waals surface area contributed by atoms with Crippen LogP contribution in [0.3, 0.4) is 0 Å². The van der Waals surface area contributed by atoms with Crippen molar-refractivity contribution in [3.63, 3.8) is 0 Å². The van der Waals surface area contributed by atoms with Crippen molar-refractivity contribution >= 4 is 21.9 Å². The molecule has 266 valence electrons. The standard InChI is InChI=1S/C52H32N4O/c53-33-34-12-10-19-40(28-34)37-22-24-39(25-23-37)51-54-50(38-17-8-3-9-18-38)55-52(56-51)43-26-27-45-47(31-43)57-48-32-44(36-15-6-2-7-16-36)30-46(49(45)48)42-21-11-20-41(29-42)35-13-4-1-5-14-35/h1-32H. The number of fused-ring (bicyclic) bond motifs is 3. The monoisotopic (exact) mass is 728 g/mol. The second-order valence-corrected chi connectivity index (χ2v) is 14.0. The Hall–Kier alpha value is -7.94. The van der Waals surface area contributed by atoms with Crippen LogP contribution in [0.25, 0.3) is 101 Å². The van der Waals surface area contributed by atoms with Crippen LogP contribution in [0.15, 0.2) is 199 Å². The Labute approximate surface area is 329 Å². The minimum atomic E-state index is 0.549. The SMILES string of the molecule is N#Cc1cccc(-c2ccc(-c3nc(-c4ccccc4)nc(-c4ccc5c(c4)oc4cc(-c6ccccc6)cc(-c6cccc(-c7ccccc7)c6)c45)n3)cc2)c1. The minimum absolute atomic E-state index is 0.549. The largest absolute Gasteiger partial charge is 0.456 e. The highest BCUT2D eigenvalue weighted by Gasteiger charge is 2.19. The van der Waals surface area contributed by atoms with Crippen molar-refractivity contribution in [1.82, 2.24) is 15.0 Å². The highest BCUT2D eigenvalue weighted by Crippen LogP contribution is 2.42. The van der Waals surface area contributed by atoms with Gasteiger partial charge in [0.15, 0.2) is 17.5 Å². The van der Waals surface area contributed by atoms with Gasteiger partial charge in [0.05, 0.1) is 11.6 Å². The Balaban J connectivity index is 1.11. The molecular weight excluding hydrogens is 697 g/mol. The van der Waals surface area contributed by atoms with E-state index in [0.29, 0.717) is 23.0 Å². The first kappa shape index (κ1) is 33.6. The van der Waals surface area contributed by atoms with E-state index in [9.17, 15) is 5.26 Å². The van der Waals surface area contributed by atoms with Crippen molar-refractivity contribution in [2.24, 2.45) is 0 Å². The maximum absolute atomic E-state index is 9.42. The molecule has 0 bridgehead atoms. The number of furan rings is 1. The molecule has 0 fully saturated rings. The number of hydrogen-bond donors (Lipinski definition) is 0. The van der Waals surface area contributed by atoms with Gasteiger partial charge in [-0.15, -0.1) is 0 Å². The van der Waals surface area contributed by atoms with Gasteiger partial charge in [0.2, 0.25) is 0 Å². The Morgan fingerprint density at radius 2 is 0.825 bits per heavy atom. The van der Waals surface area contributed by atoms with E-state index in [1.165, 1.54) is 5.56 Å². The Morgan fingerprint density at radius 3 is 1.49 bits per heavy atom. The molecule has 0 unspecified atom stereocenters. The van der Waals surface area contributed by atoms with Gasteiger partial charge in [-0.3, -0.25) is 0 Å². The third-order valence-corrected chi connectivity index (χ3v) is 10.4. The molecule has 2 aromatic heterocycles. The first-order valence-electron chi connectivity index (χ1n) is 18.8. The van der Waals surface area contributed by atoms with Crippen LogP contribution >= 0.6 is 0 Å². The highest BCUT2D eigenvalue weighted by molar-refractivity contribution is 6.14. The molecule has 0 radical (unpaired) electrons. The molecule has 10 aromatic rings. The van der Waals surface area contributed by atoms with Gasteiger partial charge in [-0.2, -0.15) is 5.26 Å². The molecule has 2 heterocycles. The van der Waals surface area contributed by atoms with Crippen molar-refractivity contribution < 1.29 is 4.42 Å². The van der Waals surface area contributed by atoms with Gasteiger partial charge in [-0.1, -0.05) is 152 Å². The number of benzene rings is 8. The molecule has 0 aliphatic heterocycles. The van der Waals surface area contributed by atoms with Gasteiger partial charge in [-0.05, 0) is 87.0 Å². The first-order chi connectivity index (χ1) is 28.2. The van der Waals surface area contributed by atoms with Gasteiger partial charge in [-0.25, -0.2) is 15.0 Å². The fourth-order valence-electron chi connectivity index (χ4n) is 7.50. The van der Waals surface area contributed by atoms with Crippen LogP contribution in [-0.4, -0.2) is 15.0 Å². The lowest BCUT2D eigenvalue weighted by Crippen LogP contribution is -2.00. The number of hydrogen-bond acceptors (Lipinski definition) is 5. The average molecular weight is 729 g/mol. The van der Waals surface area contributed by atoms with E-state index in [0.717, 1.165) is 77.6 Å². The van der Waals surface area contributed by atoms with Gasteiger partial charge in [0.1, 0.15) is 11.2 Å². The second-order valence-electron chi connectivity index (χ2n) is 14.0. The maximum atomic E-state index is 9.42. The average Bonchev–Trinajstić information content (AvgIpc) is 3.67. The smallest absolute Gasteiger partial charge is 0.164 e. The Bertz CT molecular complexity index is 3110. The maximum Gasteiger partial charge on any atom is 0.164 e. The minimum Gasteiger partial charge on any atom is -0.456 e. The van der Waals surface area contributed by atoms with E-state index >= 15 is 0 Å². The summed E-state index contributed by atoms with van der Waals surface area (Å²) in [5.41, 5.74) is 13.5. The van der Waals surface area contributed by atoms with Crippen LogP contribution in [0.4, 0.5) is 0 Å². The van der Waals surface area contributed by atoms with Gasteiger partial charge < -0.3 is 4.42 Å². The van der Waals surface area contributed by atoms with E-state index in [1.807, 2.05) is 97.1 Å². The summed E-state index contributed by atoms with van der Waals surface area (Å²) >= 11 is 0. The summed E-state index contributed by atoms with van der Waals surface area (Å²) in [7, 11) is 0. The molecule has 5 heteroatoms. The summed E-state index contributed by atoms with van der Waals surface area (Å²) in [6, 6.07) is 68.2. The zero-order chi connectivity index (χ0) is 38.1. The van der Waals surface area contributed by atoms with Crippen molar-refractivity contribution in [2.75, 3.05) is 0 Å². The summed E-state index contributed by atoms with van der Waals surface area (Å²) < 4.78 is 6.76. The second kappa shape index (κ2) is 14.4. The van der Waals surface area contributed by atoms with E-state index in [4.69, 9.17) is 19.4 Å². The van der Waals surface area contributed by atoms with Crippen molar-refractivity contribution in [3.8, 4) is 84.7 Å². The lowest BCUT2D eigenvalue weighted by molar-refractivity contribution is 0.669. The van der Waals surface area contributed by atoms with E-state index < -0.39 is 0 Å². The third kappa shape index (κ3) is 6.52. The molecule has 57 heavy (non-hydrogen) atoms. The zero-order valence-corrected chi connectivity index (χ0v) is 30.7. The molecule has 0 atom stereocenters. The topological polar surface area (TPSA) is 75.6 Å². The van der Waals surface area contributed by atoms with Crippen LogP contribution < -0.4 is 0 Å². The molecule has 0 N–H and O–H groups in total. The Kier molecular flexibility index (Phi) is 8.48. The molecule has 5 nitrogen and oxygen atoms in total. The predicted molar refractivity (Wildman–Crippen MR) is 230 cm³/mol. The van der Waals surface area contributed by atoms with E-state index in [2.05, 4.69) is 103 Å². The fraction of sp³-hybridized carbons (Fsp3) is 0. The molecule has 0 amide bonds. The normalized spacial score (nSPS) is 11.1. The third-order valence-electron chi connectivity index (χ3n) is 10.4. The molecular formula is C52H32N4O. The molecule has 0 spiro atoms. The number of nitriles is 1. The summed E-state index contributed by atoms with van der Waals surface area (Å²) in [4.78, 5) is 15.0. The van der Waals surface area contributed by atoms with Crippen LogP contribution in [-0.2, 0) is 0 Å². The summed E-state index contributed by atoms with van der Waals surface area (Å²) in [6.07, 6.45) is 0. The summed E-state index contributed by atoms with van der Waals surface area (Å²) in [6.45, 7) is 0. The fourth-order valence-corrected chi connectivity index (χ4v) is 7.50. The van der Waals surface area contributed by atoms with Crippen LogP contribution in [0, 0.1) is 11.3 Å². The zero-order valence-electron chi connectivity index (χ0n) is 30.7.